The standard InChI is InChI=1S/C24H16ClN3O2S/c25-17-7-5-16(6-8-17)24-19-14-26-10-9-18(19)22(29)27(24)11-12-28(24)23(30)21-13-15-3-1-2-4-20(15)31-21/h1-10,13-14H,11-12H2. The second kappa shape index (κ2) is 6.64. The number of pyridine rings is 1. The predicted molar refractivity (Wildman–Crippen MR) is 120 cm³/mol. The van der Waals surface area contributed by atoms with Crippen molar-refractivity contribution in [1.29, 1.82) is 0 Å². The number of carbonyl (C=O) groups is 2. The number of nitrogens with zero attached hydrogens (tertiary/aromatic N) is 3. The van der Waals surface area contributed by atoms with Crippen molar-refractivity contribution in [2.45, 2.75) is 5.66 Å². The zero-order valence-corrected chi connectivity index (χ0v) is 17.9. The van der Waals surface area contributed by atoms with Crippen molar-refractivity contribution in [1.82, 2.24) is 14.8 Å². The Labute approximate surface area is 187 Å². The summed E-state index contributed by atoms with van der Waals surface area (Å²) in [5, 5.41) is 1.64. The van der Waals surface area contributed by atoms with E-state index >= 15 is 0 Å². The smallest absolute Gasteiger partial charge is 0.266 e. The van der Waals surface area contributed by atoms with E-state index in [0.29, 0.717) is 28.6 Å². The number of benzene rings is 2. The van der Waals surface area contributed by atoms with Crippen LogP contribution >= 0.6 is 22.9 Å². The zero-order valence-electron chi connectivity index (χ0n) is 16.3. The van der Waals surface area contributed by atoms with E-state index in [1.54, 1.807) is 35.5 Å². The molecule has 1 unspecified atom stereocenters. The molecule has 0 radical (unpaired) electrons. The molecule has 4 heterocycles. The van der Waals surface area contributed by atoms with E-state index in [-0.39, 0.29) is 11.8 Å². The molecule has 7 heteroatoms. The maximum Gasteiger partial charge on any atom is 0.266 e. The first-order chi connectivity index (χ1) is 15.1. The predicted octanol–water partition coefficient (Wildman–Crippen LogP) is 4.76. The number of fused-ring (bicyclic) bond motifs is 4. The van der Waals surface area contributed by atoms with E-state index in [1.807, 2.05) is 47.4 Å². The molecular formula is C24H16ClN3O2S. The van der Waals surface area contributed by atoms with Gasteiger partial charge in [0.05, 0.1) is 10.4 Å². The number of rotatable bonds is 2. The van der Waals surface area contributed by atoms with Crippen LogP contribution < -0.4 is 0 Å². The molecule has 0 saturated carbocycles. The van der Waals surface area contributed by atoms with Crippen LogP contribution in [-0.4, -0.2) is 39.7 Å². The molecule has 6 rings (SSSR count). The summed E-state index contributed by atoms with van der Waals surface area (Å²) in [6.45, 7) is 0.891. The SMILES string of the molecule is O=C(c1cc2ccccc2s1)N1CCN2C(=O)c3ccncc3C12c1ccc(Cl)cc1. The molecule has 0 spiro atoms. The Hall–Kier alpha value is -3.22. The second-order valence-corrected chi connectivity index (χ2v) is 9.18. The first kappa shape index (κ1) is 18.5. The quantitative estimate of drug-likeness (QED) is 0.447. The lowest BCUT2D eigenvalue weighted by Crippen LogP contribution is -2.51. The summed E-state index contributed by atoms with van der Waals surface area (Å²) in [5.74, 6) is -0.179. The Kier molecular flexibility index (Phi) is 3.97. The summed E-state index contributed by atoms with van der Waals surface area (Å²) in [6.07, 6.45) is 3.32. The molecule has 2 amide bonds. The molecule has 1 atom stereocenters. The fraction of sp³-hybridized carbons (Fsp3) is 0.125. The largest absolute Gasteiger partial charge is 0.306 e. The third-order valence-corrected chi connectivity index (χ3v) is 7.48. The van der Waals surface area contributed by atoms with Crippen LogP contribution in [0, 0.1) is 0 Å². The highest BCUT2D eigenvalue weighted by Crippen LogP contribution is 2.50. The lowest BCUT2D eigenvalue weighted by atomic mass is 9.91. The Balaban J connectivity index is 1.57. The van der Waals surface area contributed by atoms with Crippen LogP contribution in [0.1, 0.15) is 31.2 Å². The van der Waals surface area contributed by atoms with E-state index < -0.39 is 5.66 Å². The average molecular weight is 446 g/mol. The minimum absolute atomic E-state index is 0.0843. The number of hydrogen-bond acceptors (Lipinski definition) is 4. The maximum atomic E-state index is 13.9. The first-order valence-electron chi connectivity index (χ1n) is 9.94. The third-order valence-electron chi connectivity index (χ3n) is 6.13. The van der Waals surface area contributed by atoms with Gasteiger partial charge in [0, 0.05) is 46.3 Å². The average Bonchev–Trinajstić information content (AvgIpc) is 3.46. The van der Waals surface area contributed by atoms with E-state index in [4.69, 9.17) is 11.6 Å². The van der Waals surface area contributed by atoms with Crippen molar-refractivity contribution in [2.75, 3.05) is 13.1 Å². The van der Waals surface area contributed by atoms with Gasteiger partial charge in [-0.2, -0.15) is 0 Å². The highest BCUT2D eigenvalue weighted by molar-refractivity contribution is 7.20. The molecule has 152 valence electrons. The Bertz CT molecular complexity index is 1330. The third kappa shape index (κ3) is 2.46. The normalized spacial score (nSPS) is 19.7. The molecule has 1 saturated heterocycles. The topological polar surface area (TPSA) is 53.5 Å². The van der Waals surface area contributed by atoms with E-state index in [2.05, 4.69) is 4.98 Å². The summed E-state index contributed by atoms with van der Waals surface area (Å²) >= 11 is 7.63. The van der Waals surface area contributed by atoms with Crippen LogP contribution in [-0.2, 0) is 5.66 Å². The van der Waals surface area contributed by atoms with Crippen LogP contribution in [0.15, 0.2) is 73.1 Å². The monoisotopic (exact) mass is 445 g/mol. The Morgan fingerprint density at radius 2 is 1.87 bits per heavy atom. The van der Waals surface area contributed by atoms with Gasteiger partial charge in [0.2, 0.25) is 0 Å². The molecular weight excluding hydrogens is 430 g/mol. The van der Waals surface area contributed by atoms with Crippen molar-refractivity contribution in [3.05, 3.63) is 99.6 Å². The van der Waals surface area contributed by atoms with Crippen LogP contribution in [0.2, 0.25) is 5.02 Å². The number of hydrogen-bond donors (Lipinski definition) is 0. The van der Waals surface area contributed by atoms with Gasteiger partial charge in [-0.25, -0.2) is 0 Å². The van der Waals surface area contributed by atoms with Gasteiger partial charge in [-0.15, -0.1) is 11.3 Å². The molecule has 2 aliphatic heterocycles. The molecule has 4 aromatic rings. The van der Waals surface area contributed by atoms with Gasteiger partial charge in [0.15, 0.2) is 5.66 Å². The lowest BCUT2D eigenvalue weighted by Gasteiger charge is -2.40. The summed E-state index contributed by atoms with van der Waals surface area (Å²) in [6, 6.07) is 19.0. The molecule has 2 aromatic heterocycles. The van der Waals surface area contributed by atoms with Crippen molar-refractivity contribution in [3.63, 3.8) is 0 Å². The van der Waals surface area contributed by atoms with E-state index in [0.717, 1.165) is 21.2 Å². The van der Waals surface area contributed by atoms with Gasteiger partial charge in [-0.3, -0.25) is 14.6 Å². The molecule has 31 heavy (non-hydrogen) atoms. The lowest BCUT2D eigenvalue weighted by molar-refractivity contribution is 0.0378. The first-order valence-corrected chi connectivity index (χ1v) is 11.1. The van der Waals surface area contributed by atoms with Crippen LogP contribution in [0.3, 0.4) is 0 Å². The molecule has 0 N–H and O–H groups in total. The van der Waals surface area contributed by atoms with Crippen molar-refractivity contribution in [3.8, 4) is 0 Å². The second-order valence-electron chi connectivity index (χ2n) is 7.66. The van der Waals surface area contributed by atoms with E-state index in [9.17, 15) is 9.59 Å². The summed E-state index contributed by atoms with van der Waals surface area (Å²) in [7, 11) is 0. The Morgan fingerprint density at radius 3 is 2.68 bits per heavy atom. The number of carbonyl (C=O) groups excluding carboxylic acids is 2. The summed E-state index contributed by atoms with van der Waals surface area (Å²) < 4.78 is 1.06. The van der Waals surface area contributed by atoms with Gasteiger partial charge in [-0.05, 0) is 35.7 Å². The van der Waals surface area contributed by atoms with Crippen molar-refractivity contribution >= 4 is 44.8 Å². The summed E-state index contributed by atoms with van der Waals surface area (Å²) in [4.78, 5) is 35.7. The van der Waals surface area contributed by atoms with Crippen LogP contribution in [0.5, 0.6) is 0 Å². The fourth-order valence-electron chi connectivity index (χ4n) is 4.83. The van der Waals surface area contributed by atoms with Crippen molar-refractivity contribution in [2.24, 2.45) is 0 Å². The van der Waals surface area contributed by atoms with Crippen molar-refractivity contribution < 1.29 is 9.59 Å². The number of halogens is 1. The molecule has 2 aliphatic rings. The van der Waals surface area contributed by atoms with Gasteiger partial charge in [-0.1, -0.05) is 41.9 Å². The summed E-state index contributed by atoms with van der Waals surface area (Å²) in [5.41, 5.74) is 1.11. The Morgan fingerprint density at radius 1 is 1.06 bits per heavy atom. The number of amides is 2. The number of thiophene rings is 1. The van der Waals surface area contributed by atoms with Gasteiger partial charge in [0.1, 0.15) is 0 Å². The molecule has 2 aromatic carbocycles. The highest BCUT2D eigenvalue weighted by atomic mass is 35.5. The minimum Gasteiger partial charge on any atom is -0.306 e. The zero-order chi connectivity index (χ0) is 21.2. The van der Waals surface area contributed by atoms with Crippen LogP contribution in [0.25, 0.3) is 10.1 Å². The molecule has 0 bridgehead atoms. The van der Waals surface area contributed by atoms with E-state index in [1.165, 1.54) is 11.3 Å². The fourth-order valence-corrected chi connectivity index (χ4v) is 5.97. The molecule has 0 aliphatic carbocycles. The molecule has 5 nitrogen and oxygen atoms in total. The highest BCUT2D eigenvalue weighted by Gasteiger charge is 2.60. The van der Waals surface area contributed by atoms with Gasteiger partial charge in [0.25, 0.3) is 11.8 Å². The maximum absolute atomic E-state index is 13.9. The van der Waals surface area contributed by atoms with Gasteiger partial charge < -0.3 is 9.80 Å². The molecule has 1 fully saturated rings. The number of aromatic nitrogens is 1. The van der Waals surface area contributed by atoms with Gasteiger partial charge >= 0.3 is 0 Å². The van der Waals surface area contributed by atoms with Crippen LogP contribution in [0.4, 0.5) is 0 Å². The minimum atomic E-state index is -1.03.